The molecule has 3 fully saturated rings. The molecule has 1 saturated heterocycles. The molecule has 118 valence electrons. The molecular formula is C18H24N2O2. The van der Waals surface area contributed by atoms with Crippen LogP contribution in [-0.2, 0) is 4.79 Å². The summed E-state index contributed by atoms with van der Waals surface area (Å²) in [6.45, 7) is 3.95. The largest absolute Gasteiger partial charge is 0.497 e. The van der Waals surface area contributed by atoms with Gasteiger partial charge in [-0.25, -0.2) is 0 Å². The molecule has 0 N–H and O–H groups in total. The summed E-state index contributed by atoms with van der Waals surface area (Å²) in [4.78, 5) is 17.3. The van der Waals surface area contributed by atoms with E-state index in [9.17, 15) is 4.79 Å². The van der Waals surface area contributed by atoms with Crippen molar-refractivity contribution in [3.05, 3.63) is 29.8 Å². The number of methoxy groups -OCH3 is 1. The predicted molar refractivity (Wildman–Crippen MR) is 85.0 cm³/mol. The Morgan fingerprint density at radius 2 is 1.95 bits per heavy atom. The van der Waals surface area contributed by atoms with Crippen molar-refractivity contribution in [2.24, 2.45) is 5.92 Å². The van der Waals surface area contributed by atoms with Gasteiger partial charge in [0.1, 0.15) is 5.75 Å². The number of ether oxygens (including phenoxy) is 1. The zero-order valence-corrected chi connectivity index (χ0v) is 13.2. The molecule has 2 aliphatic carbocycles. The average Bonchev–Trinajstić information content (AvgIpc) is 3.47. The number of rotatable bonds is 4. The van der Waals surface area contributed by atoms with E-state index < -0.39 is 0 Å². The third kappa shape index (κ3) is 2.72. The first kappa shape index (κ1) is 14.1. The molecule has 2 unspecified atom stereocenters. The Hall–Kier alpha value is -1.55. The molecule has 22 heavy (non-hydrogen) atoms. The lowest BCUT2D eigenvalue weighted by atomic mass is 10.1. The van der Waals surface area contributed by atoms with Gasteiger partial charge < -0.3 is 9.64 Å². The molecule has 1 aliphatic heterocycles. The van der Waals surface area contributed by atoms with Gasteiger partial charge in [-0.15, -0.1) is 0 Å². The monoisotopic (exact) mass is 300 g/mol. The second kappa shape index (κ2) is 5.58. The van der Waals surface area contributed by atoms with E-state index in [4.69, 9.17) is 4.74 Å². The van der Waals surface area contributed by atoms with E-state index in [0.717, 1.165) is 44.4 Å². The van der Waals surface area contributed by atoms with Crippen LogP contribution in [-0.4, -0.2) is 55.0 Å². The normalized spacial score (nSPS) is 28.5. The molecule has 4 heteroatoms. The second-order valence-electron chi connectivity index (χ2n) is 6.82. The molecule has 0 spiro atoms. The molecule has 3 aliphatic rings. The number of hydrogen-bond donors (Lipinski definition) is 0. The minimum absolute atomic E-state index is 0.194. The van der Waals surface area contributed by atoms with Crippen LogP contribution in [0.25, 0.3) is 0 Å². The number of piperazine rings is 1. The highest BCUT2D eigenvalue weighted by atomic mass is 16.5. The van der Waals surface area contributed by atoms with Gasteiger partial charge in [-0.3, -0.25) is 9.69 Å². The summed E-state index contributed by atoms with van der Waals surface area (Å²) in [7, 11) is 1.69. The summed E-state index contributed by atoms with van der Waals surface area (Å²) in [6.07, 6.45) is 3.71. The van der Waals surface area contributed by atoms with Gasteiger partial charge in [0.15, 0.2) is 0 Å². The molecule has 0 aromatic heterocycles. The van der Waals surface area contributed by atoms with Gasteiger partial charge in [0.2, 0.25) is 5.91 Å². The number of carbonyl (C=O) groups excluding carboxylic acids is 1. The third-order valence-electron chi connectivity index (χ3n) is 5.32. The first-order valence-electron chi connectivity index (χ1n) is 8.43. The van der Waals surface area contributed by atoms with Crippen LogP contribution in [0.4, 0.5) is 0 Å². The molecule has 2 atom stereocenters. The highest BCUT2D eigenvalue weighted by Crippen LogP contribution is 2.49. The number of nitrogens with zero attached hydrogens (tertiary/aromatic N) is 2. The van der Waals surface area contributed by atoms with E-state index in [1.54, 1.807) is 7.11 Å². The minimum atomic E-state index is 0.194. The van der Waals surface area contributed by atoms with Crippen LogP contribution in [0, 0.1) is 5.92 Å². The smallest absolute Gasteiger partial charge is 0.226 e. The van der Waals surface area contributed by atoms with Crippen molar-refractivity contribution < 1.29 is 9.53 Å². The third-order valence-corrected chi connectivity index (χ3v) is 5.32. The Balaban J connectivity index is 1.34. The van der Waals surface area contributed by atoms with Crippen molar-refractivity contribution in [3.8, 4) is 5.75 Å². The minimum Gasteiger partial charge on any atom is -0.497 e. The SMILES string of the molecule is COc1cccc(C2CC2C(=O)N2CCN(C3CC3)CC2)c1. The summed E-state index contributed by atoms with van der Waals surface area (Å²) >= 11 is 0. The van der Waals surface area contributed by atoms with Crippen molar-refractivity contribution in [1.82, 2.24) is 9.80 Å². The first-order valence-corrected chi connectivity index (χ1v) is 8.43. The van der Waals surface area contributed by atoms with E-state index in [1.807, 2.05) is 12.1 Å². The lowest BCUT2D eigenvalue weighted by Crippen LogP contribution is -2.49. The van der Waals surface area contributed by atoms with E-state index in [0.29, 0.717) is 11.8 Å². The molecule has 2 saturated carbocycles. The molecule has 4 rings (SSSR count). The number of benzene rings is 1. The van der Waals surface area contributed by atoms with Crippen molar-refractivity contribution in [2.45, 2.75) is 31.2 Å². The van der Waals surface area contributed by atoms with E-state index in [2.05, 4.69) is 21.9 Å². The lowest BCUT2D eigenvalue weighted by Gasteiger charge is -2.35. The quantitative estimate of drug-likeness (QED) is 0.854. The fourth-order valence-electron chi connectivity index (χ4n) is 3.69. The molecule has 0 bridgehead atoms. The van der Waals surface area contributed by atoms with Gasteiger partial charge in [-0.05, 0) is 42.9 Å². The number of carbonyl (C=O) groups is 1. The maximum Gasteiger partial charge on any atom is 0.226 e. The Morgan fingerprint density at radius 1 is 1.18 bits per heavy atom. The van der Waals surface area contributed by atoms with Crippen LogP contribution in [0.15, 0.2) is 24.3 Å². The van der Waals surface area contributed by atoms with Crippen LogP contribution < -0.4 is 4.74 Å². The zero-order chi connectivity index (χ0) is 15.1. The van der Waals surface area contributed by atoms with Crippen molar-refractivity contribution in [1.29, 1.82) is 0 Å². The summed E-state index contributed by atoms with van der Waals surface area (Å²) in [5, 5.41) is 0. The van der Waals surface area contributed by atoms with E-state index >= 15 is 0 Å². The first-order chi connectivity index (χ1) is 10.8. The van der Waals surface area contributed by atoms with Crippen LogP contribution in [0.2, 0.25) is 0 Å². The Kier molecular flexibility index (Phi) is 3.57. The maximum atomic E-state index is 12.7. The van der Waals surface area contributed by atoms with E-state index in [1.165, 1.54) is 18.4 Å². The highest BCUT2D eigenvalue weighted by Gasteiger charge is 2.46. The standard InChI is InChI=1S/C18H24N2O2/c1-22-15-4-2-3-13(11-15)16-12-17(16)18(21)20-9-7-19(8-10-20)14-5-6-14/h2-4,11,14,16-17H,5-10,12H2,1H3. The summed E-state index contributed by atoms with van der Waals surface area (Å²) in [5.41, 5.74) is 1.24. The fourth-order valence-corrected chi connectivity index (χ4v) is 3.69. The molecule has 1 heterocycles. The Bertz CT molecular complexity index is 562. The molecule has 1 aromatic carbocycles. The van der Waals surface area contributed by atoms with E-state index in [-0.39, 0.29) is 5.92 Å². The number of hydrogen-bond acceptors (Lipinski definition) is 3. The lowest BCUT2D eigenvalue weighted by molar-refractivity contribution is -0.134. The molecule has 1 aromatic rings. The Morgan fingerprint density at radius 3 is 2.64 bits per heavy atom. The molecular weight excluding hydrogens is 276 g/mol. The predicted octanol–water partition coefficient (Wildman–Crippen LogP) is 2.11. The average molecular weight is 300 g/mol. The van der Waals surface area contributed by atoms with Crippen LogP contribution in [0.5, 0.6) is 5.75 Å². The fraction of sp³-hybridized carbons (Fsp3) is 0.611. The summed E-state index contributed by atoms with van der Waals surface area (Å²) in [6, 6.07) is 8.99. The van der Waals surface area contributed by atoms with Gasteiger partial charge in [0, 0.05) is 38.1 Å². The van der Waals surface area contributed by atoms with Crippen LogP contribution in [0.1, 0.15) is 30.7 Å². The van der Waals surface area contributed by atoms with Gasteiger partial charge in [0.25, 0.3) is 0 Å². The van der Waals surface area contributed by atoms with Crippen molar-refractivity contribution in [3.63, 3.8) is 0 Å². The van der Waals surface area contributed by atoms with Crippen LogP contribution in [0.3, 0.4) is 0 Å². The summed E-state index contributed by atoms with van der Waals surface area (Å²) in [5.74, 6) is 1.83. The zero-order valence-electron chi connectivity index (χ0n) is 13.2. The topological polar surface area (TPSA) is 32.8 Å². The Labute approximate surface area is 132 Å². The molecule has 4 nitrogen and oxygen atoms in total. The maximum absolute atomic E-state index is 12.7. The highest BCUT2D eigenvalue weighted by molar-refractivity contribution is 5.83. The number of amides is 1. The van der Waals surface area contributed by atoms with Crippen molar-refractivity contribution >= 4 is 5.91 Å². The van der Waals surface area contributed by atoms with Gasteiger partial charge >= 0.3 is 0 Å². The molecule has 0 radical (unpaired) electrons. The van der Waals surface area contributed by atoms with Crippen molar-refractivity contribution in [2.75, 3.05) is 33.3 Å². The summed E-state index contributed by atoms with van der Waals surface area (Å²) < 4.78 is 5.28. The molecule has 1 amide bonds. The van der Waals surface area contributed by atoms with Gasteiger partial charge in [-0.1, -0.05) is 12.1 Å². The van der Waals surface area contributed by atoms with Crippen LogP contribution >= 0.6 is 0 Å². The van der Waals surface area contributed by atoms with Gasteiger partial charge in [0.05, 0.1) is 7.11 Å². The second-order valence-corrected chi connectivity index (χ2v) is 6.82. The van der Waals surface area contributed by atoms with Gasteiger partial charge in [-0.2, -0.15) is 0 Å².